The number of hydrogen-bond donors (Lipinski definition) is 2. The molecule has 3 heteroatoms. The van der Waals surface area contributed by atoms with Crippen molar-refractivity contribution in [2.24, 2.45) is 0 Å². The number of nitrogens with one attached hydrogen (secondary N) is 1. The van der Waals surface area contributed by atoms with Crippen molar-refractivity contribution in [3.63, 3.8) is 0 Å². The third-order valence-corrected chi connectivity index (χ3v) is 3.42. The summed E-state index contributed by atoms with van der Waals surface area (Å²) in [4.78, 5) is 0. The molecule has 0 aliphatic carbocycles. The summed E-state index contributed by atoms with van der Waals surface area (Å²) in [5.74, 6) is 0.714. The van der Waals surface area contributed by atoms with Crippen molar-refractivity contribution < 1.29 is 9.84 Å². The monoisotopic (exact) mass is 255 g/mol. The zero-order valence-corrected chi connectivity index (χ0v) is 10.7. The zero-order chi connectivity index (χ0) is 13.1. The molecule has 0 bridgehead atoms. The first kappa shape index (κ1) is 12.1. The molecule has 0 radical (unpaired) electrons. The summed E-state index contributed by atoms with van der Waals surface area (Å²) in [5, 5.41) is 13.0. The number of hydrogen-bond acceptors (Lipinski definition) is 3. The zero-order valence-electron chi connectivity index (χ0n) is 10.7. The van der Waals surface area contributed by atoms with Gasteiger partial charge in [-0.2, -0.15) is 0 Å². The maximum atomic E-state index is 9.65. The van der Waals surface area contributed by atoms with Crippen LogP contribution in [0.15, 0.2) is 42.5 Å². The van der Waals surface area contributed by atoms with Gasteiger partial charge in [0.15, 0.2) is 11.5 Å². The first-order valence-corrected chi connectivity index (χ1v) is 6.55. The number of ether oxygens (including phenoxy) is 1. The molecule has 19 heavy (non-hydrogen) atoms. The highest BCUT2D eigenvalue weighted by molar-refractivity contribution is 5.38. The van der Waals surface area contributed by atoms with Gasteiger partial charge in [0.1, 0.15) is 6.61 Å². The fourth-order valence-electron chi connectivity index (χ4n) is 2.36. The van der Waals surface area contributed by atoms with E-state index in [1.807, 2.05) is 6.07 Å². The van der Waals surface area contributed by atoms with Gasteiger partial charge in [-0.05, 0) is 41.8 Å². The first-order chi connectivity index (χ1) is 9.33. The van der Waals surface area contributed by atoms with Crippen LogP contribution in [0.25, 0.3) is 0 Å². The Bertz CT molecular complexity index is 581. The predicted molar refractivity (Wildman–Crippen MR) is 74.3 cm³/mol. The molecule has 1 aliphatic rings. The van der Waals surface area contributed by atoms with Crippen molar-refractivity contribution in [3.05, 3.63) is 59.2 Å². The third kappa shape index (κ3) is 2.71. The summed E-state index contributed by atoms with van der Waals surface area (Å²) >= 11 is 0. The molecule has 0 atom stereocenters. The molecular weight excluding hydrogens is 238 g/mol. The van der Waals surface area contributed by atoms with Gasteiger partial charge >= 0.3 is 0 Å². The molecule has 2 aromatic rings. The number of fused-ring (bicyclic) bond motifs is 1. The number of aromatic hydroxyl groups is 1. The Morgan fingerprint density at radius 1 is 1.11 bits per heavy atom. The van der Waals surface area contributed by atoms with Crippen LogP contribution in [-0.4, -0.2) is 11.7 Å². The standard InChI is InChI=1S/C16H17NO2/c18-15-3-1-2-4-16(15)19-11-12-5-6-14-10-17-8-7-13(14)9-12/h1-6,9,17-18H,7-8,10-11H2. The van der Waals surface area contributed by atoms with Crippen LogP contribution in [0.1, 0.15) is 16.7 Å². The normalized spacial score (nSPS) is 13.9. The molecule has 0 unspecified atom stereocenters. The van der Waals surface area contributed by atoms with E-state index in [2.05, 4.69) is 23.5 Å². The summed E-state index contributed by atoms with van der Waals surface area (Å²) in [7, 11) is 0. The molecular formula is C16H17NO2. The lowest BCUT2D eigenvalue weighted by atomic mass is 9.99. The molecule has 0 spiro atoms. The SMILES string of the molecule is Oc1ccccc1OCc1ccc2c(c1)CCNC2. The van der Waals surface area contributed by atoms with Crippen LogP contribution in [0, 0.1) is 0 Å². The Morgan fingerprint density at radius 2 is 2.00 bits per heavy atom. The highest BCUT2D eigenvalue weighted by Gasteiger charge is 2.09. The Morgan fingerprint density at radius 3 is 2.89 bits per heavy atom. The molecule has 0 saturated heterocycles. The summed E-state index contributed by atoms with van der Waals surface area (Å²) in [6.45, 7) is 2.48. The van der Waals surface area contributed by atoms with Gasteiger partial charge < -0.3 is 15.2 Å². The van der Waals surface area contributed by atoms with Crippen molar-refractivity contribution >= 4 is 0 Å². The van der Waals surface area contributed by atoms with Crippen LogP contribution in [0.3, 0.4) is 0 Å². The maximum absolute atomic E-state index is 9.65. The summed E-state index contributed by atoms with van der Waals surface area (Å²) in [5.41, 5.74) is 3.92. The van der Waals surface area contributed by atoms with Crippen LogP contribution in [0.5, 0.6) is 11.5 Å². The number of phenols is 1. The fourth-order valence-corrected chi connectivity index (χ4v) is 2.36. The lowest BCUT2D eigenvalue weighted by Gasteiger charge is -2.18. The Hall–Kier alpha value is -2.00. The topological polar surface area (TPSA) is 41.5 Å². The average Bonchev–Trinajstić information content (AvgIpc) is 2.46. The summed E-state index contributed by atoms with van der Waals surface area (Å²) in [6.07, 6.45) is 1.07. The fraction of sp³-hybridized carbons (Fsp3) is 0.250. The van der Waals surface area contributed by atoms with Gasteiger partial charge in [0.25, 0.3) is 0 Å². The smallest absolute Gasteiger partial charge is 0.161 e. The molecule has 0 amide bonds. The lowest BCUT2D eigenvalue weighted by molar-refractivity contribution is 0.289. The number of para-hydroxylation sites is 2. The van der Waals surface area contributed by atoms with E-state index in [1.165, 1.54) is 11.1 Å². The van der Waals surface area contributed by atoms with E-state index < -0.39 is 0 Å². The van der Waals surface area contributed by atoms with Crippen LogP contribution in [0.2, 0.25) is 0 Å². The molecule has 0 aromatic heterocycles. The van der Waals surface area contributed by atoms with Gasteiger partial charge in [0.05, 0.1) is 0 Å². The molecule has 3 nitrogen and oxygen atoms in total. The molecule has 98 valence electrons. The van der Waals surface area contributed by atoms with Crippen LogP contribution in [0.4, 0.5) is 0 Å². The van der Waals surface area contributed by atoms with Crippen LogP contribution < -0.4 is 10.1 Å². The van der Waals surface area contributed by atoms with E-state index in [0.717, 1.165) is 25.1 Å². The van der Waals surface area contributed by atoms with Gasteiger partial charge in [-0.3, -0.25) is 0 Å². The van der Waals surface area contributed by atoms with Gasteiger partial charge in [-0.1, -0.05) is 30.3 Å². The van der Waals surface area contributed by atoms with Crippen molar-refractivity contribution in [2.45, 2.75) is 19.6 Å². The number of rotatable bonds is 3. The van der Waals surface area contributed by atoms with Crippen LogP contribution >= 0.6 is 0 Å². The molecule has 0 fully saturated rings. The van der Waals surface area contributed by atoms with Gasteiger partial charge in [0.2, 0.25) is 0 Å². The third-order valence-electron chi connectivity index (χ3n) is 3.42. The Balaban J connectivity index is 1.72. The van der Waals surface area contributed by atoms with Crippen molar-refractivity contribution in [1.29, 1.82) is 0 Å². The highest BCUT2D eigenvalue weighted by Crippen LogP contribution is 2.25. The minimum atomic E-state index is 0.185. The van der Waals surface area contributed by atoms with E-state index in [-0.39, 0.29) is 5.75 Å². The molecule has 3 rings (SSSR count). The second-order valence-corrected chi connectivity index (χ2v) is 4.79. The van der Waals surface area contributed by atoms with Gasteiger partial charge in [-0.25, -0.2) is 0 Å². The molecule has 2 aromatic carbocycles. The van der Waals surface area contributed by atoms with Crippen molar-refractivity contribution in [1.82, 2.24) is 5.32 Å². The molecule has 2 N–H and O–H groups in total. The lowest BCUT2D eigenvalue weighted by Crippen LogP contribution is -2.23. The summed E-state index contributed by atoms with van der Waals surface area (Å²) < 4.78 is 5.65. The Labute approximate surface area is 112 Å². The highest BCUT2D eigenvalue weighted by atomic mass is 16.5. The van der Waals surface area contributed by atoms with Crippen LogP contribution in [-0.2, 0) is 19.6 Å². The quantitative estimate of drug-likeness (QED) is 0.886. The maximum Gasteiger partial charge on any atom is 0.161 e. The molecule has 1 aliphatic heterocycles. The minimum Gasteiger partial charge on any atom is -0.504 e. The first-order valence-electron chi connectivity index (χ1n) is 6.55. The van der Waals surface area contributed by atoms with Crippen molar-refractivity contribution in [3.8, 4) is 11.5 Å². The van der Waals surface area contributed by atoms with E-state index in [9.17, 15) is 5.11 Å². The van der Waals surface area contributed by atoms with Gasteiger partial charge in [0, 0.05) is 6.54 Å². The van der Waals surface area contributed by atoms with E-state index in [0.29, 0.717) is 12.4 Å². The van der Waals surface area contributed by atoms with Gasteiger partial charge in [-0.15, -0.1) is 0 Å². The van der Waals surface area contributed by atoms with E-state index >= 15 is 0 Å². The Kier molecular flexibility index (Phi) is 3.38. The second-order valence-electron chi connectivity index (χ2n) is 4.79. The molecule has 1 heterocycles. The summed E-state index contributed by atoms with van der Waals surface area (Å²) in [6, 6.07) is 13.5. The van der Waals surface area contributed by atoms with E-state index in [1.54, 1.807) is 18.2 Å². The largest absolute Gasteiger partial charge is 0.504 e. The van der Waals surface area contributed by atoms with E-state index in [4.69, 9.17) is 4.74 Å². The second kappa shape index (κ2) is 5.33. The van der Waals surface area contributed by atoms with Crippen molar-refractivity contribution in [2.75, 3.05) is 6.54 Å². The number of phenolic OH excluding ortho intramolecular Hbond substituents is 1. The number of benzene rings is 2. The predicted octanol–water partition coefficient (Wildman–Crippen LogP) is 2.62. The molecule has 0 saturated carbocycles. The minimum absolute atomic E-state index is 0.185. The average molecular weight is 255 g/mol.